The Hall–Kier alpha value is -1.97. The van der Waals surface area contributed by atoms with E-state index < -0.39 is 6.36 Å². The number of ether oxygens (including phenoxy) is 1. The summed E-state index contributed by atoms with van der Waals surface area (Å²) in [6.07, 6.45) is -4.70. The molecule has 0 unspecified atom stereocenters. The van der Waals surface area contributed by atoms with Crippen molar-refractivity contribution in [2.45, 2.75) is 13.3 Å². The van der Waals surface area contributed by atoms with Crippen molar-refractivity contribution >= 4 is 21.5 Å². The van der Waals surface area contributed by atoms with Gasteiger partial charge in [0, 0.05) is 11.5 Å². The van der Waals surface area contributed by atoms with Gasteiger partial charge in [-0.05, 0) is 34.7 Å². The lowest BCUT2D eigenvalue weighted by molar-refractivity contribution is -0.274. The summed E-state index contributed by atoms with van der Waals surface area (Å²) in [6.45, 7) is 1.87. The molecule has 0 saturated carbocycles. The molecule has 4 heteroatoms. The molecule has 1 radical (unpaired) electrons. The molecule has 0 saturated heterocycles. The molecule has 0 fully saturated rings. The number of rotatable bonds is 1. The van der Waals surface area contributed by atoms with Crippen molar-refractivity contribution in [2.24, 2.45) is 0 Å². The SMILES string of the molecule is Cc1cc2ccc1c1c(OC(F)(F)F)[c]ccc21. The van der Waals surface area contributed by atoms with Crippen LogP contribution in [-0.4, -0.2) is 6.36 Å². The van der Waals surface area contributed by atoms with E-state index in [0.29, 0.717) is 5.39 Å². The van der Waals surface area contributed by atoms with E-state index in [2.05, 4.69) is 10.8 Å². The van der Waals surface area contributed by atoms with E-state index >= 15 is 0 Å². The van der Waals surface area contributed by atoms with E-state index in [0.717, 1.165) is 21.7 Å². The molecule has 0 atom stereocenters. The molecule has 91 valence electrons. The van der Waals surface area contributed by atoms with Gasteiger partial charge >= 0.3 is 6.36 Å². The zero-order valence-electron chi connectivity index (χ0n) is 9.43. The topological polar surface area (TPSA) is 9.23 Å². The minimum absolute atomic E-state index is 0.260. The fourth-order valence-electron chi connectivity index (χ4n) is 2.29. The van der Waals surface area contributed by atoms with E-state index in [1.807, 2.05) is 25.1 Å². The van der Waals surface area contributed by atoms with Crippen LogP contribution in [-0.2, 0) is 0 Å². The second-order valence-electron chi connectivity index (χ2n) is 4.17. The average Bonchev–Trinajstić information content (AvgIpc) is 2.28. The van der Waals surface area contributed by atoms with Crippen LogP contribution >= 0.6 is 0 Å². The van der Waals surface area contributed by atoms with Crippen LogP contribution in [0.25, 0.3) is 21.5 Å². The van der Waals surface area contributed by atoms with Gasteiger partial charge in [0.1, 0.15) is 5.75 Å². The highest BCUT2D eigenvalue weighted by molar-refractivity contribution is 6.13. The summed E-state index contributed by atoms with van der Waals surface area (Å²) >= 11 is 0. The lowest BCUT2D eigenvalue weighted by Gasteiger charge is -2.15. The van der Waals surface area contributed by atoms with Gasteiger partial charge in [0.25, 0.3) is 0 Å². The third-order valence-corrected chi connectivity index (χ3v) is 2.99. The summed E-state index contributed by atoms with van der Waals surface area (Å²) in [7, 11) is 0. The van der Waals surface area contributed by atoms with Crippen LogP contribution in [0.5, 0.6) is 5.75 Å². The predicted octanol–water partition coefficient (Wildman–Crippen LogP) is 4.44. The summed E-state index contributed by atoms with van der Waals surface area (Å²) in [5.74, 6) is -0.260. The molecule has 0 amide bonds. The van der Waals surface area contributed by atoms with Gasteiger partial charge < -0.3 is 4.74 Å². The lowest BCUT2D eigenvalue weighted by Crippen LogP contribution is -2.17. The van der Waals surface area contributed by atoms with Crippen LogP contribution in [0.15, 0.2) is 30.3 Å². The summed E-state index contributed by atoms with van der Waals surface area (Å²) < 4.78 is 41.1. The van der Waals surface area contributed by atoms with Crippen LogP contribution in [0.3, 0.4) is 0 Å². The lowest BCUT2D eigenvalue weighted by atomic mass is 9.95. The number of benzene rings is 4. The zero-order chi connectivity index (χ0) is 12.9. The molecule has 0 N–H and O–H groups in total. The Balaban J connectivity index is 2.35. The number of halogens is 3. The van der Waals surface area contributed by atoms with E-state index in [1.54, 1.807) is 6.07 Å². The monoisotopic (exact) mass is 249 g/mol. The Morgan fingerprint density at radius 1 is 1.11 bits per heavy atom. The first-order valence-electron chi connectivity index (χ1n) is 5.37. The Morgan fingerprint density at radius 3 is 2.56 bits per heavy atom. The van der Waals surface area contributed by atoms with E-state index in [9.17, 15) is 13.2 Å². The molecule has 4 rings (SSSR count). The van der Waals surface area contributed by atoms with Gasteiger partial charge in [-0.3, -0.25) is 0 Å². The van der Waals surface area contributed by atoms with Crippen molar-refractivity contribution in [1.29, 1.82) is 0 Å². The van der Waals surface area contributed by atoms with Gasteiger partial charge in [-0.2, -0.15) is 0 Å². The van der Waals surface area contributed by atoms with Crippen LogP contribution in [0.2, 0.25) is 0 Å². The third-order valence-electron chi connectivity index (χ3n) is 2.99. The number of aryl methyl sites for hydroxylation is 1. The fraction of sp³-hybridized carbons (Fsp3) is 0.143. The van der Waals surface area contributed by atoms with Crippen LogP contribution in [0, 0.1) is 13.0 Å². The third kappa shape index (κ3) is 1.65. The maximum absolute atomic E-state index is 12.4. The normalized spacial score (nSPS) is 12.4. The molecule has 0 aliphatic carbocycles. The minimum atomic E-state index is -4.70. The second-order valence-corrected chi connectivity index (χ2v) is 4.17. The highest BCUT2D eigenvalue weighted by atomic mass is 19.4. The van der Waals surface area contributed by atoms with E-state index in [1.165, 1.54) is 6.07 Å². The average molecular weight is 249 g/mol. The number of hydrogen-bond donors (Lipinski definition) is 0. The first kappa shape index (κ1) is 11.1. The molecular formula is C14H8F3O. The maximum atomic E-state index is 12.4. The molecule has 2 bridgehead atoms. The molecule has 0 aliphatic rings. The predicted molar refractivity (Wildman–Crippen MR) is 62.9 cm³/mol. The van der Waals surface area contributed by atoms with Crippen molar-refractivity contribution in [3.05, 3.63) is 42.0 Å². The van der Waals surface area contributed by atoms with Crippen molar-refractivity contribution in [1.82, 2.24) is 0 Å². The smallest absolute Gasteiger partial charge is 0.404 e. The quantitative estimate of drug-likeness (QED) is 0.619. The Bertz CT molecular complexity index is 716. The molecular weight excluding hydrogens is 241 g/mol. The standard InChI is InChI=1S/C14H8F3O/c1-8-7-9-5-6-10(8)13-11(9)3-2-4-12(13)18-14(15,16)17/h2-3,5-7H,1H3. The van der Waals surface area contributed by atoms with Crippen molar-refractivity contribution in [2.75, 3.05) is 0 Å². The first-order chi connectivity index (χ1) is 8.46. The molecule has 0 spiro atoms. The van der Waals surface area contributed by atoms with Gasteiger partial charge in [-0.25, -0.2) is 0 Å². The summed E-state index contributed by atoms with van der Waals surface area (Å²) in [4.78, 5) is 0. The number of alkyl halides is 3. The molecule has 0 heterocycles. The molecule has 0 aliphatic heterocycles. The van der Waals surface area contributed by atoms with Crippen molar-refractivity contribution in [3.8, 4) is 5.75 Å². The van der Waals surface area contributed by atoms with Gasteiger partial charge in [0.05, 0.1) is 0 Å². The van der Waals surface area contributed by atoms with Gasteiger partial charge in [-0.15, -0.1) is 13.2 Å². The van der Waals surface area contributed by atoms with E-state index in [-0.39, 0.29) is 5.75 Å². The Kier molecular flexibility index (Phi) is 2.17. The second kappa shape index (κ2) is 3.51. The number of fused-ring (bicyclic) bond motifs is 2. The molecule has 4 aromatic rings. The summed E-state index contributed by atoms with van der Waals surface area (Å²) in [5.41, 5.74) is 0.937. The molecule has 4 aromatic carbocycles. The summed E-state index contributed by atoms with van der Waals surface area (Å²) in [6, 6.07) is 11.4. The van der Waals surface area contributed by atoms with Gasteiger partial charge in [-0.1, -0.05) is 24.3 Å². The summed E-state index contributed by atoms with van der Waals surface area (Å²) in [5, 5.41) is 2.90. The molecule has 1 nitrogen and oxygen atoms in total. The van der Waals surface area contributed by atoms with Crippen molar-refractivity contribution in [3.63, 3.8) is 0 Å². The van der Waals surface area contributed by atoms with E-state index in [4.69, 9.17) is 0 Å². The highest BCUT2D eigenvalue weighted by Crippen LogP contribution is 2.38. The Morgan fingerprint density at radius 2 is 1.89 bits per heavy atom. The first-order valence-corrected chi connectivity index (χ1v) is 5.37. The highest BCUT2D eigenvalue weighted by Gasteiger charge is 2.32. The van der Waals surface area contributed by atoms with Gasteiger partial charge in [0.2, 0.25) is 0 Å². The number of hydrogen-bond acceptors (Lipinski definition) is 1. The van der Waals surface area contributed by atoms with Crippen LogP contribution in [0.1, 0.15) is 5.56 Å². The molecule has 0 aromatic heterocycles. The van der Waals surface area contributed by atoms with Crippen molar-refractivity contribution < 1.29 is 17.9 Å². The van der Waals surface area contributed by atoms with Gasteiger partial charge in [0.15, 0.2) is 0 Å². The maximum Gasteiger partial charge on any atom is 0.573 e. The van der Waals surface area contributed by atoms with Crippen LogP contribution in [0.4, 0.5) is 13.2 Å². The molecule has 18 heavy (non-hydrogen) atoms. The fourth-order valence-corrected chi connectivity index (χ4v) is 2.29. The minimum Gasteiger partial charge on any atom is -0.404 e. The largest absolute Gasteiger partial charge is 0.573 e. The van der Waals surface area contributed by atoms with Crippen LogP contribution < -0.4 is 4.74 Å². The zero-order valence-corrected chi connectivity index (χ0v) is 9.43. The Labute approximate surface area is 101 Å².